The van der Waals surface area contributed by atoms with Gasteiger partial charge in [0.05, 0.1) is 6.26 Å². The first-order chi connectivity index (χ1) is 9.13. The van der Waals surface area contributed by atoms with Crippen LogP contribution in [-0.4, -0.2) is 36.6 Å². The van der Waals surface area contributed by atoms with Gasteiger partial charge in [0.15, 0.2) is 0 Å². The van der Waals surface area contributed by atoms with E-state index in [4.69, 9.17) is 9.15 Å². The molecule has 0 aliphatic carbocycles. The van der Waals surface area contributed by atoms with Crippen LogP contribution in [0.15, 0.2) is 28.4 Å². The van der Waals surface area contributed by atoms with Crippen LogP contribution in [0.2, 0.25) is 0 Å². The number of rotatable bonds is 4. The Morgan fingerprint density at radius 1 is 1.58 bits per heavy atom. The Balaban J connectivity index is 2.10. The van der Waals surface area contributed by atoms with Gasteiger partial charge in [0.25, 0.3) is 5.91 Å². The first-order valence-electron chi connectivity index (χ1n) is 6.76. The summed E-state index contributed by atoms with van der Waals surface area (Å²) in [5, 5.41) is 0. The molecule has 0 saturated heterocycles. The van der Waals surface area contributed by atoms with Crippen LogP contribution >= 0.6 is 0 Å². The second kappa shape index (κ2) is 6.06. The highest BCUT2D eigenvalue weighted by Gasteiger charge is 2.26. The number of nitrogens with zero attached hydrogens (tertiary/aromatic N) is 1. The molecule has 4 nitrogen and oxygen atoms in total. The molecule has 0 bridgehead atoms. The number of amides is 1. The summed E-state index contributed by atoms with van der Waals surface area (Å²) in [6, 6.07) is 3.82. The molecule has 4 heteroatoms. The van der Waals surface area contributed by atoms with Gasteiger partial charge in [0.2, 0.25) is 0 Å². The molecule has 0 N–H and O–H groups in total. The predicted molar refractivity (Wildman–Crippen MR) is 73.6 cm³/mol. The topological polar surface area (TPSA) is 42.7 Å². The van der Waals surface area contributed by atoms with E-state index in [-0.39, 0.29) is 12.0 Å². The molecule has 19 heavy (non-hydrogen) atoms. The Hall–Kier alpha value is -1.55. The van der Waals surface area contributed by atoms with E-state index in [0.29, 0.717) is 13.2 Å². The zero-order valence-electron chi connectivity index (χ0n) is 11.8. The van der Waals surface area contributed by atoms with Crippen molar-refractivity contribution in [1.29, 1.82) is 0 Å². The Morgan fingerprint density at radius 3 is 3.00 bits per heavy atom. The van der Waals surface area contributed by atoms with E-state index < -0.39 is 0 Å². The highest BCUT2D eigenvalue weighted by Crippen LogP contribution is 2.27. The summed E-state index contributed by atoms with van der Waals surface area (Å²) >= 11 is 0. The highest BCUT2D eigenvalue weighted by molar-refractivity contribution is 5.83. The molecule has 1 aliphatic heterocycles. The van der Waals surface area contributed by atoms with E-state index in [9.17, 15) is 4.79 Å². The summed E-state index contributed by atoms with van der Waals surface area (Å²) in [6.07, 6.45) is 2.18. The number of carbonyl (C=O) groups is 1. The molecular formula is C15H21NO3. The standard InChI is InChI=1S/C15H21NO3/c1-4-18-12(3)15(17)16-8-7-11(2)13(10-16)14-6-5-9-19-14/h5-6,9,12H,4,7-8,10H2,1-3H3/t12-/m1/s1. The normalized spacial score (nSPS) is 17.7. The predicted octanol–water partition coefficient (Wildman–Crippen LogP) is 2.71. The minimum Gasteiger partial charge on any atom is -0.465 e. The van der Waals surface area contributed by atoms with Crippen LogP contribution in [0, 0.1) is 0 Å². The number of hydrogen-bond acceptors (Lipinski definition) is 3. The maximum atomic E-state index is 12.3. The molecule has 0 saturated carbocycles. The van der Waals surface area contributed by atoms with E-state index in [1.165, 1.54) is 5.57 Å². The third-order valence-electron chi connectivity index (χ3n) is 3.52. The summed E-state index contributed by atoms with van der Waals surface area (Å²) < 4.78 is 10.8. The maximum absolute atomic E-state index is 12.3. The van der Waals surface area contributed by atoms with Gasteiger partial charge >= 0.3 is 0 Å². The SMILES string of the molecule is CCO[C@H](C)C(=O)N1CCC(C)=C(c2ccco2)C1. The quantitative estimate of drug-likeness (QED) is 0.838. The molecule has 0 unspecified atom stereocenters. The lowest BCUT2D eigenvalue weighted by atomic mass is 9.99. The van der Waals surface area contributed by atoms with E-state index >= 15 is 0 Å². The first-order valence-corrected chi connectivity index (χ1v) is 6.76. The molecule has 1 aliphatic rings. The summed E-state index contributed by atoms with van der Waals surface area (Å²) in [6.45, 7) is 7.73. The van der Waals surface area contributed by atoms with Crippen LogP contribution in [0.5, 0.6) is 0 Å². The highest BCUT2D eigenvalue weighted by atomic mass is 16.5. The van der Waals surface area contributed by atoms with Crippen LogP contribution in [0.25, 0.3) is 5.57 Å². The number of furan rings is 1. The van der Waals surface area contributed by atoms with Crippen LogP contribution in [0.1, 0.15) is 33.0 Å². The zero-order valence-corrected chi connectivity index (χ0v) is 11.8. The summed E-state index contributed by atoms with van der Waals surface area (Å²) in [4.78, 5) is 14.1. The fourth-order valence-electron chi connectivity index (χ4n) is 2.36. The molecule has 104 valence electrons. The lowest BCUT2D eigenvalue weighted by Crippen LogP contribution is -2.42. The molecule has 0 radical (unpaired) electrons. The second-order valence-corrected chi connectivity index (χ2v) is 4.84. The van der Waals surface area contributed by atoms with Crippen LogP contribution in [0.4, 0.5) is 0 Å². The number of hydrogen-bond donors (Lipinski definition) is 0. The Kier molecular flexibility index (Phi) is 4.43. The van der Waals surface area contributed by atoms with Gasteiger partial charge in [0.1, 0.15) is 11.9 Å². The van der Waals surface area contributed by atoms with Crippen molar-refractivity contribution in [2.45, 2.75) is 33.3 Å². The van der Waals surface area contributed by atoms with Crippen molar-refractivity contribution >= 4 is 11.5 Å². The molecule has 0 fully saturated rings. The van der Waals surface area contributed by atoms with Crippen molar-refractivity contribution in [3.05, 3.63) is 29.7 Å². The van der Waals surface area contributed by atoms with Gasteiger partial charge in [-0.15, -0.1) is 0 Å². The van der Waals surface area contributed by atoms with E-state index in [2.05, 4.69) is 6.92 Å². The van der Waals surface area contributed by atoms with Gasteiger partial charge in [-0.05, 0) is 39.3 Å². The fourth-order valence-corrected chi connectivity index (χ4v) is 2.36. The Morgan fingerprint density at radius 2 is 2.37 bits per heavy atom. The zero-order chi connectivity index (χ0) is 13.8. The molecule has 2 rings (SSSR count). The third kappa shape index (κ3) is 3.07. The van der Waals surface area contributed by atoms with Gasteiger partial charge in [0, 0.05) is 25.3 Å². The monoisotopic (exact) mass is 263 g/mol. The second-order valence-electron chi connectivity index (χ2n) is 4.84. The minimum atomic E-state index is -0.374. The fraction of sp³-hybridized carbons (Fsp3) is 0.533. The lowest BCUT2D eigenvalue weighted by Gasteiger charge is -2.31. The number of ether oxygens (including phenoxy) is 1. The van der Waals surface area contributed by atoms with Crippen molar-refractivity contribution < 1.29 is 13.9 Å². The van der Waals surface area contributed by atoms with Crippen molar-refractivity contribution in [3.8, 4) is 0 Å². The summed E-state index contributed by atoms with van der Waals surface area (Å²) in [5.41, 5.74) is 2.41. The number of carbonyl (C=O) groups excluding carboxylic acids is 1. The molecule has 1 aromatic heterocycles. The Labute approximate surface area is 114 Å². The van der Waals surface area contributed by atoms with Crippen molar-refractivity contribution in [3.63, 3.8) is 0 Å². The van der Waals surface area contributed by atoms with Crippen molar-refractivity contribution in [2.24, 2.45) is 0 Å². The van der Waals surface area contributed by atoms with E-state index in [0.717, 1.165) is 24.3 Å². The maximum Gasteiger partial charge on any atom is 0.251 e. The molecule has 0 spiro atoms. The minimum absolute atomic E-state index is 0.0541. The summed E-state index contributed by atoms with van der Waals surface area (Å²) in [5.74, 6) is 0.914. The van der Waals surface area contributed by atoms with E-state index in [1.54, 1.807) is 6.26 Å². The Bertz CT molecular complexity index is 462. The molecule has 1 aromatic rings. The van der Waals surface area contributed by atoms with Crippen LogP contribution in [0.3, 0.4) is 0 Å². The third-order valence-corrected chi connectivity index (χ3v) is 3.52. The van der Waals surface area contributed by atoms with Gasteiger partial charge in [-0.3, -0.25) is 4.79 Å². The average molecular weight is 263 g/mol. The molecule has 2 heterocycles. The average Bonchev–Trinajstić information content (AvgIpc) is 2.92. The van der Waals surface area contributed by atoms with Gasteiger partial charge in [-0.1, -0.05) is 5.57 Å². The van der Waals surface area contributed by atoms with E-state index in [1.807, 2.05) is 30.9 Å². The van der Waals surface area contributed by atoms with Crippen LogP contribution in [-0.2, 0) is 9.53 Å². The van der Waals surface area contributed by atoms with Gasteiger partial charge < -0.3 is 14.1 Å². The molecule has 1 atom stereocenters. The van der Waals surface area contributed by atoms with Crippen molar-refractivity contribution in [2.75, 3.05) is 19.7 Å². The van der Waals surface area contributed by atoms with Crippen LogP contribution < -0.4 is 0 Å². The van der Waals surface area contributed by atoms with Gasteiger partial charge in [-0.25, -0.2) is 0 Å². The first kappa shape index (κ1) is 13.9. The smallest absolute Gasteiger partial charge is 0.251 e. The molecular weight excluding hydrogens is 242 g/mol. The summed E-state index contributed by atoms with van der Waals surface area (Å²) in [7, 11) is 0. The van der Waals surface area contributed by atoms with Gasteiger partial charge in [-0.2, -0.15) is 0 Å². The lowest BCUT2D eigenvalue weighted by molar-refractivity contribution is -0.141. The molecule has 1 amide bonds. The van der Waals surface area contributed by atoms with Crippen molar-refractivity contribution in [1.82, 2.24) is 4.90 Å². The largest absolute Gasteiger partial charge is 0.465 e. The molecule has 0 aromatic carbocycles.